The van der Waals surface area contributed by atoms with E-state index in [9.17, 15) is 4.79 Å². The van der Waals surface area contributed by atoms with Crippen molar-refractivity contribution in [3.05, 3.63) is 0 Å². The van der Waals surface area contributed by atoms with Crippen LogP contribution in [0.1, 0.15) is 32.1 Å². The zero-order valence-corrected chi connectivity index (χ0v) is 8.07. The van der Waals surface area contributed by atoms with Gasteiger partial charge in [-0.2, -0.15) is 0 Å². The molecule has 0 amide bonds. The van der Waals surface area contributed by atoms with Crippen LogP contribution in [-0.4, -0.2) is 35.1 Å². The average Bonchev–Trinajstić information content (AvgIpc) is 1.76. The van der Waals surface area contributed by atoms with Gasteiger partial charge in [-0.05, 0) is 32.7 Å². The van der Waals surface area contributed by atoms with Crippen molar-refractivity contribution in [2.75, 3.05) is 7.05 Å². The Morgan fingerprint density at radius 1 is 1.31 bits per heavy atom. The first kappa shape index (κ1) is 9.00. The molecule has 0 aromatic heterocycles. The molecule has 2 rings (SSSR count). The van der Waals surface area contributed by atoms with Gasteiger partial charge in [-0.3, -0.25) is 4.79 Å². The molecule has 0 radical (unpaired) electrons. The topological polar surface area (TPSA) is 40.5 Å². The highest BCUT2D eigenvalue weighted by Crippen LogP contribution is 2.36. The maximum atomic E-state index is 10.6. The molecule has 2 saturated carbocycles. The van der Waals surface area contributed by atoms with Gasteiger partial charge in [0, 0.05) is 12.1 Å². The van der Waals surface area contributed by atoms with Gasteiger partial charge in [-0.1, -0.05) is 6.42 Å². The number of nitrogens with zero attached hydrogens (tertiary/aromatic N) is 1. The van der Waals surface area contributed by atoms with E-state index in [-0.39, 0.29) is 5.92 Å². The van der Waals surface area contributed by atoms with E-state index in [2.05, 4.69) is 11.9 Å². The number of carboxylic acid groups (broad SMARTS) is 1. The lowest BCUT2D eigenvalue weighted by Gasteiger charge is -2.46. The highest BCUT2D eigenvalue weighted by atomic mass is 16.4. The Bertz CT molecular complexity index is 207. The summed E-state index contributed by atoms with van der Waals surface area (Å²) in [5.41, 5.74) is 0. The van der Waals surface area contributed by atoms with Crippen LogP contribution in [0.3, 0.4) is 0 Å². The molecule has 0 aromatic rings. The number of hydrogen-bond donors (Lipinski definition) is 1. The summed E-state index contributed by atoms with van der Waals surface area (Å²) in [5.74, 6) is -0.675. The fraction of sp³-hybridized carbons (Fsp3) is 0.900. The van der Waals surface area contributed by atoms with Gasteiger partial charge in [0.05, 0.1) is 5.92 Å². The molecule has 2 aliphatic rings. The summed E-state index contributed by atoms with van der Waals surface area (Å²) in [5, 5.41) is 8.72. The van der Waals surface area contributed by atoms with Crippen molar-refractivity contribution in [2.24, 2.45) is 5.92 Å². The largest absolute Gasteiger partial charge is 0.481 e. The Morgan fingerprint density at radius 2 is 1.92 bits per heavy atom. The highest BCUT2D eigenvalue weighted by molar-refractivity contribution is 5.71. The minimum Gasteiger partial charge on any atom is -0.481 e. The molecule has 0 heterocycles. The zero-order valence-electron chi connectivity index (χ0n) is 8.07. The fourth-order valence-electron chi connectivity index (χ4n) is 2.21. The first-order valence-corrected chi connectivity index (χ1v) is 5.13. The minimum absolute atomic E-state index is 0.0625. The SMILES string of the molecule is CN(C1CCC1)C1CC(C(=O)O)C1. The summed E-state index contributed by atoms with van der Waals surface area (Å²) in [6, 6.07) is 1.30. The molecule has 0 atom stereocenters. The first-order chi connectivity index (χ1) is 6.18. The van der Waals surface area contributed by atoms with Crippen LogP contribution in [0.25, 0.3) is 0 Å². The van der Waals surface area contributed by atoms with E-state index in [1.165, 1.54) is 19.3 Å². The number of aliphatic carboxylic acids is 1. The van der Waals surface area contributed by atoms with Gasteiger partial charge < -0.3 is 10.0 Å². The fourth-order valence-corrected chi connectivity index (χ4v) is 2.21. The van der Waals surface area contributed by atoms with Crippen molar-refractivity contribution in [2.45, 2.75) is 44.2 Å². The van der Waals surface area contributed by atoms with Crippen LogP contribution in [0.4, 0.5) is 0 Å². The van der Waals surface area contributed by atoms with Crippen LogP contribution in [0.5, 0.6) is 0 Å². The third-order valence-corrected chi connectivity index (χ3v) is 3.69. The molecule has 0 bridgehead atoms. The molecule has 2 fully saturated rings. The maximum absolute atomic E-state index is 10.6. The molecule has 0 unspecified atom stereocenters. The normalized spacial score (nSPS) is 34.0. The Morgan fingerprint density at radius 3 is 2.31 bits per heavy atom. The second-order valence-corrected chi connectivity index (χ2v) is 4.41. The number of rotatable bonds is 3. The Hall–Kier alpha value is -0.570. The van der Waals surface area contributed by atoms with Crippen LogP contribution in [0.15, 0.2) is 0 Å². The molecule has 0 aliphatic heterocycles. The Kier molecular flexibility index (Phi) is 2.28. The number of carbonyl (C=O) groups is 1. The van der Waals surface area contributed by atoms with Crippen LogP contribution in [0, 0.1) is 5.92 Å². The summed E-state index contributed by atoms with van der Waals surface area (Å²) in [7, 11) is 2.15. The molecule has 13 heavy (non-hydrogen) atoms. The molecule has 0 aromatic carbocycles. The van der Waals surface area contributed by atoms with Crippen molar-refractivity contribution < 1.29 is 9.90 Å². The number of hydrogen-bond acceptors (Lipinski definition) is 2. The maximum Gasteiger partial charge on any atom is 0.306 e. The van der Waals surface area contributed by atoms with E-state index in [0.29, 0.717) is 6.04 Å². The predicted molar refractivity (Wildman–Crippen MR) is 49.5 cm³/mol. The van der Waals surface area contributed by atoms with Gasteiger partial charge in [0.15, 0.2) is 0 Å². The van der Waals surface area contributed by atoms with E-state index >= 15 is 0 Å². The van der Waals surface area contributed by atoms with Gasteiger partial charge in [-0.25, -0.2) is 0 Å². The van der Waals surface area contributed by atoms with Gasteiger partial charge in [0.1, 0.15) is 0 Å². The summed E-state index contributed by atoms with van der Waals surface area (Å²) in [6.45, 7) is 0. The van der Waals surface area contributed by atoms with Crippen LogP contribution in [0.2, 0.25) is 0 Å². The summed E-state index contributed by atoms with van der Waals surface area (Å²) in [4.78, 5) is 13.0. The van der Waals surface area contributed by atoms with Gasteiger partial charge in [-0.15, -0.1) is 0 Å². The predicted octanol–water partition coefficient (Wildman–Crippen LogP) is 1.33. The van der Waals surface area contributed by atoms with Crippen molar-refractivity contribution >= 4 is 5.97 Å². The third kappa shape index (κ3) is 1.57. The highest BCUT2D eigenvalue weighted by Gasteiger charge is 2.39. The molecule has 3 nitrogen and oxygen atoms in total. The van der Waals surface area contributed by atoms with Gasteiger partial charge in [0.2, 0.25) is 0 Å². The van der Waals surface area contributed by atoms with E-state index in [0.717, 1.165) is 18.9 Å². The van der Waals surface area contributed by atoms with Crippen molar-refractivity contribution in [1.29, 1.82) is 0 Å². The zero-order chi connectivity index (χ0) is 9.42. The first-order valence-electron chi connectivity index (χ1n) is 5.13. The average molecular weight is 183 g/mol. The molecule has 0 spiro atoms. The monoisotopic (exact) mass is 183 g/mol. The Labute approximate surface area is 78.7 Å². The summed E-state index contributed by atoms with van der Waals surface area (Å²) >= 11 is 0. The van der Waals surface area contributed by atoms with Crippen LogP contribution >= 0.6 is 0 Å². The smallest absolute Gasteiger partial charge is 0.306 e. The van der Waals surface area contributed by atoms with Gasteiger partial charge >= 0.3 is 5.97 Å². The van der Waals surface area contributed by atoms with E-state index in [1.54, 1.807) is 0 Å². The van der Waals surface area contributed by atoms with E-state index < -0.39 is 5.97 Å². The molecule has 74 valence electrons. The van der Waals surface area contributed by atoms with Crippen molar-refractivity contribution in [3.8, 4) is 0 Å². The summed E-state index contributed by atoms with van der Waals surface area (Å²) < 4.78 is 0. The molecular formula is C10H17NO2. The molecule has 1 N–H and O–H groups in total. The molecule has 2 aliphatic carbocycles. The lowest BCUT2D eigenvalue weighted by atomic mass is 9.77. The molecular weight excluding hydrogens is 166 g/mol. The molecule has 0 saturated heterocycles. The Balaban J connectivity index is 1.75. The standard InChI is InChI=1S/C10H17NO2/c1-11(8-3-2-4-8)9-5-7(6-9)10(12)13/h7-9H,2-6H2,1H3,(H,12,13). The third-order valence-electron chi connectivity index (χ3n) is 3.69. The van der Waals surface area contributed by atoms with Crippen molar-refractivity contribution in [1.82, 2.24) is 4.90 Å². The van der Waals surface area contributed by atoms with Crippen molar-refractivity contribution in [3.63, 3.8) is 0 Å². The lowest BCUT2D eigenvalue weighted by molar-refractivity contribution is -0.147. The molecule has 3 heteroatoms. The second-order valence-electron chi connectivity index (χ2n) is 4.41. The summed E-state index contributed by atoms with van der Waals surface area (Å²) in [6.07, 6.45) is 5.70. The van der Waals surface area contributed by atoms with E-state index in [1.807, 2.05) is 0 Å². The van der Waals surface area contributed by atoms with E-state index in [4.69, 9.17) is 5.11 Å². The van der Waals surface area contributed by atoms with Crippen LogP contribution < -0.4 is 0 Å². The lowest BCUT2D eigenvalue weighted by Crippen LogP contribution is -2.51. The van der Waals surface area contributed by atoms with Gasteiger partial charge in [0.25, 0.3) is 0 Å². The number of carboxylic acids is 1. The quantitative estimate of drug-likeness (QED) is 0.717. The second kappa shape index (κ2) is 3.29. The van der Waals surface area contributed by atoms with Crippen LogP contribution in [-0.2, 0) is 4.79 Å². The minimum atomic E-state index is -0.613.